The second kappa shape index (κ2) is 11.3. The highest BCUT2D eigenvalue weighted by molar-refractivity contribution is 6.41. The fourth-order valence-electron chi connectivity index (χ4n) is 4.04. The average Bonchev–Trinajstić information content (AvgIpc) is 3.22. The van der Waals surface area contributed by atoms with Crippen molar-refractivity contribution in [2.24, 2.45) is 5.41 Å². The number of hydrogen-bond donors (Lipinski definition) is 1. The molecule has 188 valence electrons. The second-order valence-electron chi connectivity index (χ2n) is 9.90. The number of aryl methyl sites for hydroxylation is 1. The Balaban J connectivity index is 1.98. The van der Waals surface area contributed by atoms with Gasteiger partial charge in [-0.05, 0) is 28.5 Å². The molecule has 0 radical (unpaired) electrons. The van der Waals surface area contributed by atoms with E-state index in [0.29, 0.717) is 29.9 Å². The molecule has 1 atom stereocenters. The van der Waals surface area contributed by atoms with E-state index in [9.17, 15) is 20.0 Å². The number of carbonyl (C=O) groups excluding carboxylic acids is 2. The van der Waals surface area contributed by atoms with Crippen LogP contribution in [-0.2, 0) is 22.5 Å². The van der Waals surface area contributed by atoms with Crippen LogP contribution < -0.4 is 0 Å². The van der Waals surface area contributed by atoms with Gasteiger partial charge < -0.3 is 14.4 Å². The van der Waals surface area contributed by atoms with Crippen LogP contribution in [0.3, 0.4) is 0 Å². The Kier molecular flexibility index (Phi) is 8.44. The zero-order valence-corrected chi connectivity index (χ0v) is 21.5. The Morgan fingerprint density at radius 1 is 1.14 bits per heavy atom. The van der Waals surface area contributed by atoms with Gasteiger partial charge in [0.1, 0.15) is 29.4 Å². The number of methoxy groups -OCH3 is 1. The average molecular weight is 488 g/mol. The summed E-state index contributed by atoms with van der Waals surface area (Å²) < 4.78 is 6.49. The van der Waals surface area contributed by atoms with Gasteiger partial charge in [0.05, 0.1) is 7.11 Å². The molecule has 2 aromatic carbocycles. The first-order valence-electron chi connectivity index (χ1n) is 12.1. The van der Waals surface area contributed by atoms with Gasteiger partial charge >= 0.3 is 5.97 Å². The highest BCUT2D eigenvalue weighted by atomic mass is 16.5. The van der Waals surface area contributed by atoms with Gasteiger partial charge in [-0.25, -0.2) is 9.78 Å². The largest absolute Gasteiger partial charge is 0.463 e. The molecule has 0 saturated carbocycles. The fraction of sp³-hybridized carbons (Fsp3) is 0.379. The van der Waals surface area contributed by atoms with Crippen LogP contribution in [0.1, 0.15) is 79.8 Å². The maximum Gasteiger partial charge on any atom is 0.379 e. The molecule has 0 spiro atoms. The van der Waals surface area contributed by atoms with Crippen LogP contribution >= 0.6 is 0 Å². The summed E-state index contributed by atoms with van der Waals surface area (Å²) in [6, 6.07) is 16.8. The minimum atomic E-state index is -0.906. The predicted molar refractivity (Wildman–Crippen MR) is 137 cm³/mol. The number of rotatable bonds is 9. The molecule has 0 bridgehead atoms. The maximum absolute atomic E-state index is 12.5. The molecule has 3 aromatic rings. The van der Waals surface area contributed by atoms with Crippen molar-refractivity contribution in [3.8, 4) is 17.2 Å². The van der Waals surface area contributed by atoms with Crippen molar-refractivity contribution in [1.29, 1.82) is 5.26 Å². The molecular weight excluding hydrogens is 454 g/mol. The first kappa shape index (κ1) is 26.8. The van der Waals surface area contributed by atoms with E-state index in [1.807, 2.05) is 55.7 Å². The number of unbranched alkanes of at least 4 members (excludes halogenated alkanes) is 1. The number of hydrogen-bond acceptors (Lipinski definition) is 6. The van der Waals surface area contributed by atoms with Gasteiger partial charge in [-0.3, -0.25) is 4.79 Å². The summed E-state index contributed by atoms with van der Waals surface area (Å²) in [6.07, 6.45) is 1.77. The van der Waals surface area contributed by atoms with Gasteiger partial charge in [-0.15, -0.1) is 0 Å². The Bertz CT molecular complexity index is 1280. The highest BCUT2D eigenvalue weighted by Gasteiger charge is 2.31. The molecule has 1 N–H and O–H groups in total. The van der Waals surface area contributed by atoms with E-state index in [-0.39, 0.29) is 5.56 Å². The third-order valence-electron chi connectivity index (χ3n) is 6.16. The number of carbonyl (C=O) groups is 2. The summed E-state index contributed by atoms with van der Waals surface area (Å²) in [5.41, 5.74) is 2.99. The van der Waals surface area contributed by atoms with Gasteiger partial charge in [-0.1, -0.05) is 82.6 Å². The number of aromatic nitrogens is 2. The van der Waals surface area contributed by atoms with Crippen molar-refractivity contribution in [3.63, 3.8) is 0 Å². The van der Waals surface area contributed by atoms with Crippen molar-refractivity contribution in [3.05, 3.63) is 76.9 Å². The minimum absolute atomic E-state index is 0.279. The summed E-state index contributed by atoms with van der Waals surface area (Å²) in [6.45, 7) is 8.29. The molecule has 0 fully saturated rings. The number of esters is 1. The van der Waals surface area contributed by atoms with Crippen LogP contribution in [0.15, 0.2) is 48.5 Å². The minimum Gasteiger partial charge on any atom is -0.463 e. The summed E-state index contributed by atoms with van der Waals surface area (Å²) in [4.78, 5) is 29.0. The molecular formula is C29H33N3O4. The lowest BCUT2D eigenvalue weighted by molar-refractivity contribution is -0.135. The molecule has 0 aliphatic carbocycles. The lowest BCUT2D eigenvalue weighted by Crippen LogP contribution is -2.19. The third kappa shape index (κ3) is 5.72. The van der Waals surface area contributed by atoms with Crippen LogP contribution in [0.4, 0.5) is 0 Å². The van der Waals surface area contributed by atoms with Crippen molar-refractivity contribution >= 4 is 11.8 Å². The lowest BCUT2D eigenvalue weighted by atomic mass is 9.86. The predicted octanol–water partition coefficient (Wildman–Crippen LogP) is 5.25. The van der Waals surface area contributed by atoms with Gasteiger partial charge in [0.25, 0.3) is 5.78 Å². The van der Waals surface area contributed by atoms with E-state index >= 15 is 0 Å². The number of aliphatic hydroxyl groups excluding tert-OH is 1. The number of ether oxygens (including phenoxy) is 1. The van der Waals surface area contributed by atoms with Crippen molar-refractivity contribution in [1.82, 2.24) is 9.55 Å². The first-order valence-corrected chi connectivity index (χ1v) is 12.1. The number of Topliss-reactive ketones (excluding diaryl/α,β-unsaturated/α-hetero) is 1. The smallest absolute Gasteiger partial charge is 0.379 e. The molecule has 0 amide bonds. The monoisotopic (exact) mass is 487 g/mol. The van der Waals surface area contributed by atoms with E-state index < -0.39 is 23.3 Å². The fourth-order valence-corrected chi connectivity index (χ4v) is 4.04. The first-order chi connectivity index (χ1) is 17.1. The third-order valence-corrected chi connectivity index (χ3v) is 6.16. The standard InChI is InChI=1S/C29H33N3O4/c1-6-7-12-24-31-25(27(34)29(2,3)4)23(17-30)32(24)18-19-13-15-20(16-14-19)21-10-8-9-11-22(21)26(33)28(35)36-5/h8-11,13-16,27,34H,6-7,12,18H2,1-5H3. The topological polar surface area (TPSA) is 105 Å². The van der Waals surface area contributed by atoms with Crippen LogP contribution in [0.2, 0.25) is 0 Å². The molecule has 0 aliphatic rings. The van der Waals surface area contributed by atoms with E-state index in [1.54, 1.807) is 18.2 Å². The number of aliphatic hydroxyl groups is 1. The Labute approximate surface area is 212 Å². The number of ketones is 1. The number of benzene rings is 2. The number of nitrogens with zero attached hydrogens (tertiary/aromatic N) is 3. The quantitative estimate of drug-likeness (QED) is 0.251. The van der Waals surface area contributed by atoms with Crippen molar-refractivity contribution in [2.45, 2.75) is 59.6 Å². The number of imidazole rings is 1. The second-order valence-corrected chi connectivity index (χ2v) is 9.90. The van der Waals surface area contributed by atoms with Crippen LogP contribution in [0, 0.1) is 16.7 Å². The van der Waals surface area contributed by atoms with Crippen LogP contribution in [0.5, 0.6) is 0 Å². The summed E-state index contributed by atoms with van der Waals surface area (Å²) in [5, 5.41) is 20.9. The van der Waals surface area contributed by atoms with E-state index in [1.165, 1.54) is 7.11 Å². The number of nitriles is 1. The lowest BCUT2D eigenvalue weighted by Gasteiger charge is -2.24. The maximum atomic E-state index is 12.5. The summed E-state index contributed by atoms with van der Waals surface area (Å²) in [5.74, 6) is -0.819. The molecule has 36 heavy (non-hydrogen) atoms. The van der Waals surface area contributed by atoms with Crippen LogP contribution in [0.25, 0.3) is 11.1 Å². The molecule has 3 rings (SSSR count). The normalized spacial score (nSPS) is 12.1. The van der Waals surface area contributed by atoms with Gasteiger partial charge in [0.15, 0.2) is 0 Å². The Hall–Kier alpha value is -3.76. The molecule has 0 saturated heterocycles. The van der Waals surface area contributed by atoms with Crippen LogP contribution in [-0.4, -0.2) is 33.5 Å². The van der Waals surface area contributed by atoms with E-state index in [0.717, 1.165) is 29.8 Å². The zero-order chi connectivity index (χ0) is 26.5. The van der Waals surface area contributed by atoms with Gasteiger partial charge in [-0.2, -0.15) is 5.26 Å². The zero-order valence-electron chi connectivity index (χ0n) is 21.5. The van der Waals surface area contributed by atoms with E-state index in [2.05, 4.69) is 17.7 Å². The SMILES string of the molecule is CCCCc1nc(C(O)C(C)(C)C)c(C#N)n1Cc1ccc(-c2ccccc2C(=O)C(=O)OC)cc1. The van der Waals surface area contributed by atoms with Crippen molar-refractivity contribution < 1.29 is 19.4 Å². The summed E-state index contributed by atoms with van der Waals surface area (Å²) >= 11 is 0. The molecule has 7 nitrogen and oxygen atoms in total. The molecule has 1 aromatic heterocycles. The molecule has 7 heteroatoms. The highest BCUT2D eigenvalue weighted by Crippen LogP contribution is 2.34. The molecule has 1 unspecified atom stereocenters. The summed E-state index contributed by atoms with van der Waals surface area (Å²) in [7, 11) is 1.18. The molecule has 1 heterocycles. The molecule has 0 aliphatic heterocycles. The van der Waals surface area contributed by atoms with Gasteiger partial charge in [0.2, 0.25) is 0 Å². The van der Waals surface area contributed by atoms with E-state index in [4.69, 9.17) is 4.98 Å². The Morgan fingerprint density at radius 2 is 1.81 bits per heavy atom. The Morgan fingerprint density at radius 3 is 2.39 bits per heavy atom. The van der Waals surface area contributed by atoms with Crippen molar-refractivity contribution in [2.75, 3.05) is 7.11 Å². The van der Waals surface area contributed by atoms with Gasteiger partial charge in [0, 0.05) is 18.5 Å².